The normalized spacial score (nSPS) is 11.6. The smallest absolute Gasteiger partial charge is 0.311 e. The molecule has 0 saturated carbocycles. The Bertz CT molecular complexity index is 650. The number of hydrogen-bond donors (Lipinski definition) is 1. The van der Waals surface area contributed by atoms with Crippen molar-refractivity contribution in [3.8, 4) is 0 Å². The lowest BCUT2D eigenvalue weighted by molar-refractivity contribution is -0.138. The Hall–Kier alpha value is -2.82. The zero-order chi connectivity index (χ0) is 15.2. The van der Waals surface area contributed by atoms with E-state index in [-0.39, 0.29) is 17.9 Å². The van der Waals surface area contributed by atoms with E-state index < -0.39 is 11.9 Å². The van der Waals surface area contributed by atoms with Gasteiger partial charge in [0.1, 0.15) is 5.69 Å². The number of nitrogens with zero attached hydrogens (tertiary/aromatic N) is 1. The molecule has 0 saturated heterocycles. The average Bonchev–Trinajstić information content (AvgIpc) is 2.53. The van der Waals surface area contributed by atoms with Gasteiger partial charge in [-0.25, -0.2) is 0 Å². The fraction of sp³-hybridized carbons (Fsp3) is 0.125. The first kappa shape index (κ1) is 14.6. The quantitative estimate of drug-likeness (QED) is 0.649. The average molecular weight is 283 g/mol. The van der Waals surface area contributed by atoms with Gasteiger partial charge in [-0.1, -0.05) is 30.3 Å². The summed E-state index contributed by atoms with van der Waals surface area (Å²) in [6.07, 6.45) is -0.132. The van der Waals surface area contributed by atoms with Gasteiger partial charge in [0.2, 0.25) is 0 Å². The Morgan fingerprint density at radius 1 is 1.00 bits per heavy atom. The maximum atomic E-state index is 12.2. The van der Waals surface area contributed by atoms with Gasteiger partial charge in [-0.2, -0.15) is 0 Å². The van der Waals surface area contributed by atoms with E-state index in [2.05, 4.69) is 5.18 Å². The van der Waals surface area contributed by atoms with Gasteiger partial charge >= 0.3 is 5.97 Å². The highest BCUT2D eigenvalue weighted by Gasteiger charge is 2.23. The standard InChI is InChI=1S/C16H13NO4/c18-15(12-6-8-13(17-21)9-7-12)10-14(16(19)20)11-4-2-1-3-5-11/h1-9,14H,10H2,(H,19,20). The van der Waals surface area contributed by atoms with Gasteiger partial charge in [0, 0.05) is 12.0 Å². The van der Waals surface area contributed by atoms with Crippen LogP contribution in [0.25, 0.3) is 0 Å². The predicted molar refractivity (Wildman–Crippen MR) is 77.7 cm³/mol. The lowest BCUT2D eigenvalue weighted by Crippen LogP contribution is -2.16. The van der Waals surface area contributed by atoms with Gasteiger partial charge in [-0.05, 0) is 35.0 Å². The summed E-state index contributed by atoms with van der Waals surface area (Å²) in [5.74, 6) is -2.22. The van der Waals surface area contributed by atoms with Crippen molar-refractivity contribution in [1.82, 2.24) is 0 Å². The number of ketones is 1. The van der Waals surface area contributed by atoms with E-state index >= 15 is 0 Å². The number of benzene rings is 2. The van der Waals surface area contributed by atoms with Crippen LogP contribution in [0.4, 0.5) is 5.69 Å². The van der Waals surface area contributed by atoms with Crippen molar-refractivity contribution in [3.63, 3.8) is 0 Å². The number of hydrogen-bond acceptors (Lipinski definition) is 4. The Morgan fingerprint density at radius 2 is 1.62 bits per heavy atom. The number of carboxylic acids is 1. The summed E-state index contributed by atoms with van der Waals surface area (Å²) in [7, 11) is 0. The molecule has 0 heterocycles. The zero-order valence-corrected chi connectivity index (χ0v) is 11.1. The third kappa shape index (κ3) is 3.60. The number of carbonyl (C=O) groups excluding carboxylic acids is 1. The Balaban J connectivity index is 2.18. The second-order valence-electron chi connectivity index (χ2n) is 4.57. The van der Waals surface area contributed by atoms with Gasteiger partial charge in [-0.15, -0.1) is 4.91 Å². The molecule has 0 bridgehead atoms. The molecule has 21 heavy (non-hydrogen) atoms. The summed E-state index contributed by atoms with van der Waals surface area (Å²) in [5, 5.41) is 12.0. The van der Waals surface area contributed by atoms with Crippen LogP contribution in [0.15, 0.2) is 59.8 Å². The predicted octanol–water partition coefficient (Wildman–Crippen LogP) is 3.53. The highest BCUT2D eigenvalue weighted by Crippen LogP contribution is 2.23. The fourth-order valence-electron chi connectivity index (χ4n) is 2.04. The molecule has 1 atom stereocenters. The topological polar surface area (TPSA) is 83.8 Å². The summed E-state index contributed by atoms with van der Waals surface area (Å²) < 4.78 is 0. The molecule has 0 aliphatic carbocycles. The number of Topliss-reactive ketones (excluding diaryl/α,β-unsaturated/α-hetero) is 1. The van der Waals surface area contributed by atoms with Crippen LogP contribution in [-0.2, 0) is 4.79 Å². The van der Waals surface area contributed by atoms with Crippen molar-refractivity contribution in [3.05, 3.63) is 70.6 Å². The van der Waals surface area contributed by atoms with Crippen molar-refractivity contribution in [2.45, 2.75) is 12.3 Å². The summed E-state index contributed by atoms with van der Waals surface area (Å²) >= 11 is 0. The number of aliphatic carboxylic acids is 1. The monoisotopic (exact) mass is 283 g/mol. The van der Waals surface area contributed by atoms with Crippen molar-refractivity contribution < 1.29 is 14.7 Å². The van der Waals surface area contributed by atoms with Crippen molar-refractivity contribution >= 4 is 17.4 Å². The maximum Gasteiger partial charge on any atom is 0.311 e. The van der Waals surface area contributed by atoms with E-state index in [1.807, 2.05) is 0 Å². The van der Waals surface area contributed by atoms with E-state index in [0.29, 0.717) is 11.1 Å². The molecular formula is C16H13NO4. The van der Waals surface area contributed by atoms with Crippen LogP contribution >= 0.6 is 0 Å². The SMILES string of the molecule is O=Nc1ccc(C(=O)CC(C(=O)O)c2ccccc2)cc1. The number of rotatable bonds is 6. The highest BCUT2D eigenvalue weighted by molar-refractivity contribution is 5.99. The Labute approximate surface area is 121 Å². The van der Waals surface area contributed by atoms with Crippen LogP contribution in [0.2, 0.25) is 0 Å². The third-order valence-corrected chi connectivity index (χ3v) is 3.18. The minimum absolute atomic E-state index is 0.132. The number of carbonyl (C=O) groups is 2. The summed E-state index contributed by atoms with van der Waals surface area (Å²) in [6, 6.07) is 14.4. The molecule has 0 fully saturated rings. The molecule has 0 spiro atoms. The van der Waals surface area contributed by atoms with Gasteiger partial charge in [0.05, 0.1) is 5.92 Å². The molecule has 0 aromatic heterocycles. The highest BCUT2D eigenvalue weighted by atomic mass is 16.4. The van der Waals surface area contributed by atoms with Crippen LogP contribution in [0.1, 0.15) is 28.3 Å². The van der Waals surface area contributed by atoms with Crippen molar-refractivity contribution in [1.29, 1.82) is 0 Å². The molecule has 0 radical (unpaired) electrons. The van der Waals surface area contributed by atoms with Gasteiger partial charge < -0.3 is 5.11 Å². The molecule has 0 amide bonds. The Morgan fingerprint density at radius 3 is 2.14 bits per heavy atom. The Kier molecular flexibility index (Phi) is 4.56. The van der Waals surface area contributed by atoms with Crippen LogP contribution < -0.4 is 0 Å². The van der Waals surface area contributed by atoms with E-state index in [1.54, 1.807) is 30.3 Å². The number of carboxylic acid groups (broad SMARTS) is 1. The molecule has 2 rings (SSSR count). The van der Waals surface area contributed by atoms with Crippen LogP contribution in [-0.4, -0.2) is 16.9 Å². The van der Waals surface area contributed by atoms with E-state index in [4.69, 9.17) is 0 Å². The molecule has 0 aliphatic heterocycles. The first-order valence-electron chi connectivity index (χ1n) is 6.36. The van der Waals surface area contributed by atoms with Crippen LogP contribution in [0.3, 0.4) is 0 Å². The van der Waals surface area contributed by atoms with E-state index in [9.17, 15) is 19.6 Å². The van der Waals surface area contributed by atoms with E-state index in [0.717, 1.165) is 0 Å². The second-order valence-corrected chi connectivity index (χ2v) is 4.57. The molecular weight excluding hydrogens is 270 g/mol. The summed E-state index contributed by atoms with van der Waals surface area (Å²) in [4.78, 5) is 33.8. The minimum Gasteiger partial charge on any atom is -0.481 e. The molecule has 5 nitrogen and oxygen atoms in total. The molecule has 106 valence electrons. The fourth-order valence-corrected chi connectivity index (χ4v) is 2.04. The van der Waals surface area contributed by atoms with Crippen LogP contribution in [0, 0.1) is 4.91 Å². The summed E-state index contributed by atoms with van der Waals surface area (Å²) in [6.45, 7) is 0. The summed E-state index contributed by atoms with van der Waals surface area (Å²) in [5.41, 5.74) is 1.18. The molecule has 5 heteroatoms. The first-order chi connectivity index (χ1) is 10.1. The second kappa shape index (κ2) is 6.56. The van der Waals surface area contributed by atoms with Crippen molar-refractivity contribution in [2.24, 2.45) is 5.18 Å². The van der Waals surface area contributed by atoms with Gasteiger partial charge in [-0.3, -0.25) is 9.59 Å². The first-order valence-corrected chi connectivity index (χ1v) is 6.36. The van der Waals surface area contributed by atoms with Crippen LogP contribution in [0.5, 0.6) is 0 Å². The third-order valence-electron chi connectivity index (χ3n) is 3.18. The minimum atomic E-state index is -1.04. The van der Waals surface area contributed by atoms with Gasteiger partial charge in [0.25, 0.3) is 0 Å². The number of nitroso groups, excluding NO2 is 1. The molecule has 1 N–H and O–H groups in total. The van der Waals surface area contributed by atoms with Crippen molar-refractivity contribution in [2.75, 3.05) is 0 Å². The lowest BCUT2D eigenvalue weighted by Gasteiger charge is -2.12. The van der Waals surface area contributed by atoms with E-state index in [1.165, 1.54) is 24.3 Å². The largest absolute Gasteiger partial charge is 0.481 e. The molecule has 0 aliphatic rings. The molecule has 1 unspecified atom stereocenters. The molecule has 2 aromatic carbocycles. The zero-order valence-electron chi connectivity index (χ0n) is 11.1. The maximum absolute atomic E-state index is 12.2. The van der Waals surface area contributed by atoms with Gasteiger partial charge in [0.15, 0.2) is 5.78 Å². The molecule has 2 aromatic rings. The lowest BCUT2D eigenvalue weighted by atomic mass is 9.91.